The van der Waals surface area contributed by atoms with Crippen molar-refractivity contribution >= 4 is 0 Å². The summed E-state index contributed by atoms with van der Waals surface area (Å²) in [6.07, 6.45) is 6.88. The molecule has 0 aromatic carbocycles. The highest BCUT2D eigenvalue weighted by molar-refractivity contribution is 4.83. The third-order valence-corrected chi connectivity index (χ3v) is 2.43. The second-order valence-corrected chi connectivity index (χ2v) is 3.32. The van der Waals surface area contributed by atoms with Crippen LogP contribution in [0.2, 0.25) is 0 Å². The molecule has 0 saturated carbocycles. The fourth-order valence-electron chi connectivity index (χ4n) is 1.52. The van der Waals surface area contributed by atoms with Gasteiger partial charge in [0.05, 0.1) is 0 Å². The smallest absolute Gasteiger partial charge is 0.00697 e. The van der Waals surface area contributed by atoms with Gasteiger partial charge in [0, 0.05) is 6.04 Å². The molecule has 0 saturated heterocycles. The topological polar surface area (TPSA) is 12.0 Å². The highest BCUT2D eigenvalue weighted by Crippen LogP contribution is 2.13. The molecule has 0 amide bonds. The van der Waals surface area contributed by atoms with Gasteiger partial charge in [0.1, 0.15) is 0 Å². The lowest BCUT2D eigenvalue weighted by atomic mass is 9.94. The third kappa shape index (κ3) is 4.55. The van der Waals surface area contributed by atoms with Crippen molar-refractivity contribution in [3.8, 4) is 0 Å². The van der Waals surface area contributed by atoms with Gasteiger partial charge in [-0.1, -0.05) is 32.4 Å². The van der Waals surface area contributed by atoms with Crippen LogP contribution in [0.3, 0.4) is 0 Å². The molecule has 12 heavy (non-hydrogen) atoms. The summed E-state index contributed by atoms with van der Waals surface area (Å²) in [5.41, 5.74) is 0. The molecule has 0 rings (SSSR count). The second-order valence-electron chi connectivity index (χ2n) is 3.32. The summed E-state index contributed by atoms with van der Waals surface area (Å²) in [6.45, 7) is 9.88. The van der Waals surface area contributed by atoms with Crippen molar-refractivity contribution in [2.45, 2.75) is 46.6 Å². The highest BCUT2D eigenvalue weighted by atomic mass is 14.9. The number of nitrogens with one attached hydrogen (secondary N) is 1. The molecule has 0 aromatic heterocycles. The minimum Gasteiger partial charge on any atom is -0.314 e. The Hall–Kier alpha value is -0.300. The Morgan fingerprint density at radius 2 is 2.00 bits per heavy atom. The Kier molecular flexibility index (Phi) is 7.17. The van der Waals surface area contributed by atoms with E-state index in [2.05, 4.69) is 45.2 Å². The Morgan fingerprint density at radius 1 is 1.33 bits per heavy atom. The second kappa shape index (κ2) is 7.35. The van der Waals surface area contributed by atoms with E-state index in [4.69, 9.17) is 0 Å². The standard InChI is InChI=1S/C11H23N/c1-5-8-9-11(6-2)10(4)12-7-3/h5,8,10-12H,6-7,9H2,1-4H3/b8-5-/t10?,11-/m1/s1. The molecule has 1 heteroatoms. The van der Waals surface area contributed by atoms with Crippen molar-refractivity contribution < 1.29 is 0 Å². The zero-order valence-electron chi connectivity index (χ0n) is 8.93. The van der Waals surface area contributed by atoms with Gasteiger partial charge in [-0.05, 0) is 32.7 Å². The van der Waals surface area contributed by atoms with Gasteiger partial charge in [-0.3, -0.25) is 0 Å². The summed E-state index contributed by atoms with van der Waals surface area (Å²) in [4.78, 5) is 0. The van der Waals surface area contributed by atoms with Crippen LogP contribution >= 0.6 is 0 Å². The van der Waals surface area contributed by atoms with E-state index in [1.165, 1.54) is 12.8 Å². The minimum absolute atomic E-state index is 0.649. The molecule has 0 bridgehead atoms. The molecule has 0 aliphatic heterocycles. The maximum atomic E-state index is 3.47. The molecule has 0 aliphatic rings. The van der Waals surface area contributed by atoms with Gasteiger partial charge >= 0.3 is 0 Å². The van der Waals surface area contributed by atoms with Crippen molar-refractivity contribution in [1.82, 2.24) is 5.32 Å². The van der Waals surface area contributed by atoms with E-state index in [0.717, 1.165) is 12.5 Å². The third-order valence-electron chi connectivity index (χ3n) is 2.43. The molecule has 0 radical (unpaired) electrons. The van der Waals surface area contributed by atoms with Crippen LogP contribution in [0.1, 0.15) is 40.5 Å². The number of rotatable bonds is 6. The van der Waals surface area contributed by atoms with E-state index in [1.807, 2.05) is 0 Å². The molecule has 0 aromatic rings. The van der Waals surface area contributed by atoms with E-state index in [1.54, 1.807) is 0 Å². The van der Waals surface area contributed by atoms with Gasteiger partial charge in [-0.2, -0.15) is 0 Å². The molecule has 72 valence electrons. The maximum absolute atomic E-state index is 3.47. The van der Waals surface area contributed by atoms with Crippen LogP contribution < -0.4 is 5.32 Å². The highest BCUT2D eigenvalue weighted by Gasteiger charge is 2.11. The molecule has 0 fully saturated rings. The first-order valence-electron chi connectivity index (χ1n) is 5.10. The Morgan fingerprint density at radius 3 is 2.42 bits per heavy atom. The predicted molar refractivity (Wildman–Crippen MR) is 56.4 cm³/mol. The van der Waals surface area contributed by atoms with Gasteiger partial charge in [-0.25, -0.2) is 0 Å². The van der Waals surface area contributed by atoms with Crippen LogP contribution in [0, 0.1) is 5.92 Å². The van der Waals surface area contributed by atoms with Crippen LogP contribution in [0.5, 0.6) is 0 Å². The van der Waals surface area contributed by atoms with Crippen LogP contribution in [0.25, 0.3) is 0 Å². The first kappa shape index (κ1) is 11.7. The maximum Gasteiger partial charge on any atom is 0.00697 e. The number of hydrogen-bond donors (Lipinski definition) is 1. The van der Waals surface area contributed by atoms with Gasteiger partial charge in [0.15, 0.2) is 0 Å². The van der Waals surface area contributed by atoms with Gasteiger partial charge in [0.2, 0.25) is 0 Å². The van der Waals surface area contributed by atoms with E-state index in [-0.39, 0.29) is 0 Å². The predicted octanol–water partition coefficient (Wildman–Crippen LogP) is 2.98. The van der Waals surface area contributed by atoms with E-state index < -0.39 is 0 Å². The lowest BCUT2D eigenvalue weighted by molar-refractivity contribution is 0.373. The molecule has 0 aliphatic carbocycles. The SMILES string of the molecule is C/C=C\C[C@@H](CC)C(C)NCC. The summed E-state index contributed by atoms with van der Waals surface area (Å²) in [7, 11) is 0. The van der Waals surface area contributed by atoms with Gasteiger partial charge in [-0.15, -0.1) is 0 Å². The zero-order valence-corrected chi connectivity index (χ0v) is 8.93. The van der Waals surface area contributed by atoms with E-state index >= 15 is 0 Å². The van der Waals surface area contributed by atoms with Crippen molar-refractivity contribution in [1.29, 1.82) is 0 Å². The fraction of sp³-hybridized carbons (Fsp3) is 0.818. The Bertz CT molecular complexity index is 118. The molecule has 1 N–H and O–H groups in total. The normalized spacial score (nSPS) is 16.7. The van der Waals surface area contributed by atoms with Gasteiger partial charge in [0.25, 0.3) is 0 Å². The van der Waals surface area contributed by atoms with Crippen molar-refractivity contribution in [2.75, 3.05) is 6.54 Å². The molecular formula is C11H23N. The largest absolute Gasteiger partial charge is 0.314 e. The molecular weight excluding hydrogens is 146 g/mol. The first-order valence-corrected chi connectivity index (χ1v) is 5.10. The summed E-state index contributed by atoms with van der Waals surface area (Å²) in [5.74, 6) is 0.793. The molecule has 0 spiro atoms. The number of allylic oxidation sites excluding steroid dienone is 2. The lowest BCUT2D eigenvalue weighted by Gasteiger charge is -2.21. The van der Waals surface area contributed by atoms with Gasteiger partial charge < -0.3 is 5.32 Å². The molecule has 1 unspecified atom stereocenters. The zero-order chi connectivity index (χ0) is 9.40. The van der Waals surface area contributed by atoms with E-state index in [0.29, 0.717) is 6.04 Å². The Labute approximate surface area is 77.2 Å². The average Bonchev–Trinajstić information content (AvgIpc) is 2.06. The quantitative estimate of drug-likeness (QED) is 0.603. The van der Waals surface area contributed by atoms with Crippen molar-refractivity contribution in [2.24, 2.45) is 5.92 Å². The minimum atomic E-state index is 0.649. The monoisotopic (exact) mass is 169 g/mol. The summed E-state index contributed by atoms with van der Waals surface area (Å²) in [6, 6.07) is 0.649. The molecule has 1 nitrogen and oxygen atoms in total. The van der Waals surface area contributed by atoms with Crippen LogP contribution in [-0.4, -0.2) is 12.6 Å². The lowest BCUT2D eigenvalue weighted by Crippen LogP contribution is -2.32. The van der Waals surface area contributed by atoms with Crippen molar-refractivity contribution in [3.63, 3.8) is 0 Å². The number of hydrogen-bond acceptors (Lipinski definition) is 1. The van der Waals surface area contributed by atoms with Crippen LogP contribution in [0.15, 0.2) is 12.2 Å². The Balaban J connectivity index is 3.78. The summed E-state index contributed by atoms with van der Waals surface area (Å²) in [5, 5.41) is 3.47. The van der Waals surface area contributed by atoms with Crippen LogP contribution in [0.4, 0.5) is 0 Å². The molecule has 0 heterocycles. The first-order chi connectivity index (χ1) is 5.76. The van der Waals surface area contributed by atoms with Crippen molar-refractivity contribution in [3.05, 3.63) is 12.2 Å². The summed E-state index contributed by atoms with van der Waals surface area (Å²) < 4.78 is 0. The van der Waals surface area contributed by atoms with E-state index in [9.17, 15) is 0 Å². The van der Waals surface area contributed by atoms with Crippen LogP contribution in [-0.2, 0) is 0 Å². The summed E-state index contributed by atoms with van der Waals surface area (Å²) >= 11 is 0. The fourth-order valence-corrected chi connectivity index (χ4v) is 1.52. The molecule has 2 atom stereocenters. The average molecular weight is 169 g/mol.